The van der Waals surface area contributed by atoms with Crippen molar-refractivity contribution in [1.82, 2.24) is 28.9 Å². The SMILES string of the molecule is COCCn1cnc2c(N3CC4CN(c5nc(C)ns5)CC4C3)ncnc21. The fourth-order valence-electron chi connectivity index (χ4n) is 4.19. The zero-order valence-corrected chi connectivity index (χ0v) is 16.3. The standard InChI is InChI=1S/C17H22N8OS/c1-11-21-17(27-22-11)25-7-12-5-24(6-13(12)8-25)16-14-15(18-9-19-16)23(10-20-14)3-4-26-2/h9-10,12-13H,3-8H2,1-2H3. The number of aromatic nitrogens is 6. The van der Waals surface area contributed by atoms with E-state index in [2.05, 4.69) is 34.1 Å². The van der Waals surface area contributed by atoms with Crippen molar-refractivity contribution in [2.75, 3.05) is 49.7 Å². The van der Waals surface area contributed by atoms with Crippen LogP contribution in [0.2, 0.25) is 0 Å². The number of fused-ring (bicyclic) bond motifs is 2. The number of ether oxygens (including phenoxy) is 1. The first-order valence-corrected chi connectivity index (χ1v) is 9.95. The minimum atomic E-state index is 0.620. The first kappa shape index (κ1) is 16.8. The lowest BCUT2D eigenvalue weighted by atomic mass is 10.0. The van der Waals surface area contributed by atoms with E-state index < -0.39 is 0 Å². The number of hydrogen-bond donors (Lipinski definition) is 0. The van der Waals surface area contributed by atoms with Crippen LogP contribution in [0, 0.1) is 18.8 Å². The molecule has 10 heteroatoms. The lowest BCUT2D eigenvalue weighted by Crippen LogP contribution is -2.29. The van der Waals surface area contributed by atoms with Gasteiger partial charge in [0.25, 0.3) is 0 Å². The van der Waals surface area contributed by atoms with E-state index >= 15 is 0 Å². The van der Waals surface area contributed by atoms with Crippen LogP contribution in [0.4, 0.5) is 10.9 Å². The van der Waals surface area contributed by atoms with Gasteiger partial charge in [-0.25, -0.2) is 19.9 Å². The van der Waals surface area contributed by atoms with Gasteiger partial charge >= 0.3 is 0 Å². The maximum atomic E-state index is 5.18. The normalized spacial score (nSPS) is 22.1. The summed E-state index contributed by atoms with van der Waals surface area (Å²) in [6, 6.07) is 0. The summed E-state index contributed by atoms with van der Waals surface area (Å²) in [5, 5.41) is 1.05. The maximum Gasteiger partial charge on any atom is 0.205 e. The summed E-state index contributed by atoms with van der Waals surface area (Å²) in [6.45, 7) is 7.39. The molecule has 2 aliphatic rings. The van der Waals surface area contributed by atoms with E-state index in [4.69, 9.17) is 4.74 Å². The average Bonchev–Trinajstić information content (AvgIpc) is 3.41. The van der Waals surface area contributed by atoms with Crippen molar-refractivity contribution in [1.29, 1.82) is 0 Å². The Morgan fingerprint density at radius 1 is 1.11 bits per heavy atom. The molecule has 27 heavy (non-hydrogen) atoms. The van der Waals surface area contributed by atoms with E-state index in [-0.39, 0.29) is 0 Å². The van der Waals surface area contributed by atoms with Gasteiger partial charge in [0.15, 0.2) is 17.0 Å². The van der Waals surface area contributed by atoms with E-state index in [0.29, 0.717) is 18.4 Å². The van der Waals surface area contributed by atoms with Gasteiger partial charge in [-0.2, -0.15) is 4.37 Å². The molecular weight excluding hydrogens is 364 g/mol. The number of aryl methyl sites for hydroxylation is 1. The van der Waals surface area contributed by atoms with Crippen LogP contribution < -0.4 is 9.80 Å². The zero-order valence-electron chi connectivity index (χ0n) is 15.4. The molecule has 2 atom stereocenters. The van der Waals surface area contributed by atoms with Crippen molar-refractivity contribution in [3.8, 4) is 0 Å². The van der Waals surface area contributed by atoms with Crippen molar-refractivity contribution in [2.45, 2.75) is 13.5 Å². The lowest BCUT2D eigenvalue weighted by molar-refractivity contribution is 0.188. The first-order chi connectivity index (χ1) is 13.2. The van der Waals surface area contributed by atoms with E-state index in [9.17, 15) is 0 Å². The van der Waals surface area contributed by atoms with Gasteiger partial charge in [0.1, 0.15) is 12.2 Å². The summed E-state index contributed by atoms with van der Waals surface area (Å²) in [7, 11) is 1.70. The molecule has 0 N–H and O–H groups in total. The van der Waals surface area contributed by atoms with Crippen LogP contribution in [-0.2, 0) is 11.3 Å². The van der Waals surface area contributed by atoms with E-state index in [0.717, 1.165) is 60.7 Å². The van der Waals surface area contributed by atoms with Gasteiger partial charge in [-0.05, 0) is 6.92 Å². The fraction of sp³-hybridized carbons (Fsp3) is 0.588. The van der Waals surface area contributed by atoms with E-state index in [1.807, 2.05) is 17.8 Å². The van der Waals surface area contributed by atoms with Gasteiger partial charge < -0.3 is 19.1 Å². The number of imidazole rings is 1. The molecule has 3 aromatic heterocycles. The topological polar surface area (TPSA) is 85.1 Å². The Kier molecular flexibility index (Phi) is 4.16. The number of methoxy groups -OCH3 is 1. The lowest BCUT2D eigenvalue weighted by Gasteiger charge is -2.21. The molecule has 2 fully saturated rings. The molecule has 2 unspecified atom stereocenters. The highest BCUT2D eigenvalue weighted by atomic mass is 32.1. The third-order valence-corrected chi connectivity index (χ3v) is 6.36. The van der Waals surface area contributed by atoms with Gasteiger partial charge in [-0.15, -0.1) is 0 Å². The largest absolute Gasteiger partial charge is 0.383 e. The van der Waals surface area contributed by atoms with Crippen LogP contribution in [0.5, 0.6) is 0 Å². The zero-order chi connectivity index (χ0) is 18.4. The first-order valence-electron chi connectivity index (χ1n) is 9.18. The van der Waals surface area contributed by atoms with Crippen molar-refractivity contribution in [3.63, 3.8) is 0 Å². The third kappa shape index (κ3) is 2.92. The van der Waals surface area contributed by atoms with Crippen molar-refractivity contribution >= 4 is 33.6 Å². The summed E-state index contributed by atoms with van der Waals surface area (Å²) >= 11 is 1.50. The minimum Gasteiger partial charge on any atom is -0.383 e. The average molecular weight is 386 g/mol. The highest BCUT2D eigenvalue weighted by Crippen LogP contribution is 2.37. The van der Waals surface area contributed by atoms with Crippen LogP contribution in [-0.4, -0.2) is 68.8 Å². The summed E-state index contributed by atoms with van der Waals surface area (Å²) in [6.07, 6.45) is 3.48. The van der Waals surface area contributed by atoms with Crippen LogP contribution in [0.3, 0.4) is 0 Å². The van der Waals surface area contributed by atoms with Gasteiger partial charge in [-0.1, -0.05) is 0 Å². The summed E-state index contributed by atoms with van der Waals surface area (Å²) in [5.74, 6) is 3.05. The summed E-state index contributed by atoms with van der Waals surface area (Å²) in [4.78, 5) is 22.9. The number of hydrogen-bond acceptors (Lipinski definition) is 9. The van der Waals surface area contributed by atoms with Crippen LogP contribution in [0.25, 0.3) is 11.2 Å². The number of rotatable bonds is 5. The molecule has 2 aliphatic heterocycles. The number of nitrogens with zero attached hydrogens (tertiary/aromatic N) is 8. The molecule has 5 rings (SSSR count). The molecule has 142 valence electrons. The molecule has 2 saturated heterocycles. The van der Waals surface area contributed by atoms with E-state index in [1.165, 1.54) is 11.5 Å². The Morgan fingerprint density at radius 3 is 2.59 bits per heavy atom. The molecular formula is C17H22N8OS. The molecule has 0 aliphatic carbocycles. The number of anilines is 2. The molecule has 9 nitrogen and oxygen atoms in total. The minimum absolute atomic E-state index is 0.620. The second-order valence-electron chi connectivity index (χ2n) is 7.25. The Hall–Kier alpha value is -2.33. The van der Waals surface area contributed by atoms with Gasteiger partial charge in [-0.3, -0.25) is 0 Å². The molecule has 0 spiro atoms. The van der Waals surface area contributed by atoms with Gasteiger partial charge in [0, 0.05) is 63.2 Å². The van der Waals surface area contributed by atoms with Crippen LogP contribution >= 0.6 is 11.5 Å². The van der Waals surface area contributed by atoms with Crippen LogP contribution in [0.1, 0.15) is 5.82 Å². The Morgan fingerprint density at radius 2 is 1.89 bits per heavy atom. The maximum absolute atomic E-state index is 5.18. The molecule has 3 aromatic rings. The molecule has 0 aromatic carbocycles. The van der Waals surface area contributed by atoms with Crippen molar-refractivity contribution < 1.29 is 4.74 Å². The predicted octanol–water partition coefficient (Wildman–Crippen LogP) is 1.21. The van der Waals surface area contributed by atoms with Crippen molar-refractivity contribution in [2.24, 2.45) is 11.8 Å². The smallest absolute Gasteiger partial charge is 0.205 e. The Bertz CT molecular complexity index is 941. The summed E-state index contributed by atoms with van der Waals surface area (Å²) < 4.78 is 11.5. The molecule has 0 radical (unpaired) electrons. The highest BCUT2D eigenvalue weighted by molar-refractivity contribution is 7.09. The second-order valence-corrected chi connectivity index (χ2v) is 7.98. The van der Waals surface area contributed by atoms with E-state index in [1.54, 1.807) is 13.4 Å². The molecule has 5 heterocycles. The second kappa shape index (κ2) is 6.68. The summed E-state index contributed by atoms with van der Waals surface area (Å²) in [5.41, 5.74) is 1.75. The predicted molar refractivity (Wildman–Crippen MR) is 103 cm³/mol. The Balaban J connectivity index is 1.34. The quantitative estimate of drug-likeness (QED) is 0.647. The van der Waals surface area contributed by atoms with Crippen molar-refractivity contribution in [3.05, 3.63) is 18.5 Å². The third-order valence-electron chi connectivity index (χ3n) is 5.49. The fourth-order valence-corrected chi connectivity index (χ4v) is 4.88. The highest BCUT2D eigenvalue weighted by Gasteiger charge is 2.42. The van der Waals surface area contributed by atoms with Gasteiger partial charge in [0.2, 0.25) is 5.13 Å². The molecule has 0 saturated carbocycles. The monoisotopic (exact) mass is 386 g/mol. The molecule has 0 bridgehead atoms. The Labute approximate surface area is 161 Å². The van der Waals surface area contributed by atoms with Crippen LogP contribution in [0.15, 0.2) is 12.7 Å². The molecule has 0 amide bonds. The van der Waals surface area contributed by atoms with Gasteiger partial charge in [0.05, 0.1) is 12.9 Å².